The Hall–Kier alpha value is -1.07. The molecule has 0 aromatic heterocycles. The second-order valence-corrected chi connectivity index (χ2v) is 7.34. The van der Waals surface area contributed by atoms with Gasteiger partial charge in [0, 0.05) is 24.8 Å². The molecule has 3 rings (SSSR count). The first-order chi connectivity index (χ1) is 8.04. The molecular weight excluding hydrogens is 236 g/mol. The number of nitrogens with zero attached hydrogens (tertiary/aromatic N) is 1. The van der Waals surface area contributed by atoms with Crippen molar-refractivity contribution in [3.05, 3.63) is 29.8 Å². The first-order valence-corrected chi connectivity index (χ1v) is 7.56. The van der Waals surface area contributed by atoms with Gasteiger partial charge in [-0.25, -0.2) is 8.42 Å². The second kappa shape index (κ2) is 3.71. The fourth-order valence-electron chi connectivity index (χ4n) is 2.90. The number of hydrogen-bond acceptors (Lipinski definition) is 4. The molecule has 92 valence electrons. The van der Waals surface area contributed by atoms with E-state index < -0.39 is 9.84 Å². The minimum atomic E-state index is -2.79. The molecule has 2 atom stereocenters. The topological polar surface area (TPSA) is 63.4 Å². The fourth-order valence-corrected chi connectivity index (χ4v) is 4.98. The van der Waals surface area contributed by atoms with Gasteiger partial charge in [-0.1, -0.05) is 12.1 Å². The van der Waals surface area contributed by atoms with E-state index in [4.69, 9.17) is 5.73 Å². The molecule has 0 spiro atoms. The summed E-state index contributed by atoms with van der Waals surface area (Å²) in [6, 6.07) is 8.02. The Labute approximate surface area is 101 Å². The number of nitrogens with two attached hydrogens (primary N) is 1. The number of anilines is 1. The minimum Gasteiger partial charge on any atom is -0.399 e. The molecule has 0 amide bonds. The predicted octanol–water partition coefficient (Wildman–Crippen LogP) is 0.640. The molecule has 1 aromatic rings. The summed E-state index contributed by atoms with van der Waals surface area (Å²) in [5.41, 5.74) is 7.66. The summed E-state index contributed by atoms with van der Waals surface area (Å²) in [5, 5.41) is -0.131. The van der Waals surface area contributed by atoms with E-state index in [2.05, 4.69) is 4.90 Å². The largest absolute Gasteiger partial charge is 0.399 e. The van der Waals surface area contributed by atoms with Crippen LogP contribution in [0.25, 0.3) is 0 Å². The zero-order chi connectivity index (χ0) is 12.0. The summed E-state index contributed by atoms with van der Waals surface area (Å²) in [7, 11) is -2.79. The molecule has 0 aliphatic carbocycles. The Balaban J connectivity index is 1.74. The van der Waals surface area contributed by atoms with Gasteiger partial charge in [-0.05, 0) is 24.1 Å². The third kappa shape index (κ3) is 1.93. The summed E-state index contributed by atoms with van der Waals surface area (Å²) in [5.74, 6) is 0.333. The Kier molecular flexibility index (Phi) is 2.41. The van der Waals surface area contributed by atoms with Gasteiger partial charge < -0.3 is 5.73 Å². The van der Waals surface area contributed by atoms with Crippen molar-refractivity contribution in [2.24, 2.45) is 0 Å². The van der Waals surface area contributed by atoms with E-state index in [9.17, 15) is 8.42 Å². The highest BCUT2D eigenvalue weighted by Gasteiger charge is 2.47. The molecule has 2 N–H and O–H groups in total. The van der Waals surface area contributed by atoms with Crippen LogP contribution in [0.4, 0.5) is 5.69 Å². The number of benzene rings is 1. The maximum absolute atomic E-state index is 11.6. The first kappa shape index (κ1) is 11.0. The molecule has 2 fully saturated rings. The Bertz CT molecular complexity index is 541. The van der Waals surface area contributed by atoms with Gasteiger partial charge in [0.15, 0.2) is 9.84 Å². The summed E-state index contributed by atoms with van der Waals surface area (Å²) in [6.07, 6.45) is 0.810. The molecule has 2 aliphatic rings. The number of nitrogen functional groups attached to an aromatic ring is 1. The van der Waals surface area contributed by atoms with Crippen LogP contribution in [0.1, 0.15) is 12.0 Å². The fraction of sp³-hybridized carbons (Fsp3) is 0.500. The third-order valence-electron chi connectivity index (χ3n) is 3.76. The maximum Gasteiger partial charge on any atom is 0.156 e. The lowest BCUT2D eigenvalue weighted by Gasteiger charge is -2.26. The van der Waals surface area contributed by atoms with E-state index in [1.165, 1.54) is 0 Å². The normalized spacial score (nSPS) is 30.8. The van der Waals surface area contributed by atoms with Crippen LogP contribution in [-0.4, -0.2) is 36.9 Å². The van der Waals surface area contributed by atoms with Crippen LogP contribution in [-0.2, 0) is 16.4 Å². The van der Waals surface area contributed by atoms with Gasteiger partial charge in [-0.15, -0.1) is 0 Å². The van der Waals surface area contributed by atoms with E-state index in [0.717, 1.165) is 24.2 Å². The van der Waals surface area contributed by atoms with E-state index >= 15 is 0 Å². The maximum atomic E-state index is 11.6. The van der Waals surface area contributed by atoms with Crippen LogP contribution < -0.4 is 5.73 Å². The lowest BCUT2D eigenvalue weighted by atomic mass is 10.2. The molecule has 4 nitrogen and oxygen atoms in total. The van der Waals surface area contributed by atoms with Gasteiger partial charge in [0.25, 0.3) is 0 Å². The van der Waals surface area contributed by atoms with E-state index in [1.807, 2.05) is 24.3 Å². The SMILES string of the molecule is Nc1cccc(CN2CC3CC2CS3(=O)=O)c1. The van der Waals surface area contributed by atoms with Gasteiger partial charge in [0.2, 0.25) is 0 Å². The molecule has 2 saturated heterocycles. The van der Waals surface area contributed by atoms with Gasteiger partial charge >= 0.3 is 0 Å². The number of hydrogen-bond donors (Lipinski definition) is 1. The van der Waals surface area contributed by atoms with Crippen molar-refractivity contribution in [3.8, 4) is 0 Å². The predicted molar refractivity (Wildman–Crippen MR) is 67.2 cm³/mol. The number of rotatable bonds is 2. The molecule has 2 bridgehead atoms. The van der Waals surface area contributed by atoms with E-state index in [0.29, 0.717) is 12.3 Å². The van der Waals surface area contributed by atoms with Gasteiger partial charge in [0.1, 0.15) is 0 Å². The molecule has 0 radical (unpaired) electrons. The zero-order valence-corrected chi connectivity index (χ0v) is 10.4. The average molecular weight is 252 g/mol. The summed E-state index contributed by atoms with van der Waals surface area (Å²) < 4.78 is 23.3. The number of sulfone groups is 1. The molecule has 5 heteroatoms. The lowest BCUT2D eigenvalue weighted by molar-refractivity contribution is 0.257. The summed E-state index contributed by atoms with van der Waals surface area (Å²) in [6.45, 7) is 1.49. The van der Waals surface area contributed by atoms with Crippen molar-refractivity contribution in [2.45, 2.75) is 24.3 Å². The highest BCUT2D eigenvalue weighted by molar-refractivity contribution is 7.92. The van der Waals surface area contributed by atoms with Gasteiger partial charge in [-0.2, -0.15) is 0 Å². The molecule has 1 aromatic carbocycles. The third-order valence-corrected chi connectivity index (χ3v) is 5.97. The van der Waals surface area contributed by atoms with Crippen molar-refractivity contribution in [1.82, 2.24) is 4.90 Å². The average Bonchev–Trinajstić information content (AvgIpc) is 2.73. The van der Waals surface area contributed by atoms with Crippen LogP contribution in [0.5, 0.6) is 0 Å². The molecular formula is C12H16N2O2S. The highest BCUT2D eigenvalue weighted by atomic mass is 32.2. The monoisotopic (exact) mass is 252 g/mol. The van der Waals surface area contributed by atoms with Gasteiger partial charge in [0.05, 0.1) is 11.0 Å². The van der Waals surface area contributed by atoms with Crippen LogP contribution in [0, 0.1) is 0 Å². The quantitative estimate of drug-likeness (QED) is 0.785. The Morgan fingerprint density at radius 3 is 2.82 bits per heavy atom. The molecule has 17 heavy (non-hydrogen) atoms. The lowest BCUT2D eigenvalue weighted by Crippen LogP contribution is -2.39. The van der Waals surface area contributed by atoms with Crippen LogP contribution >= 0.6 is 0 Å². The highest BCUT2D eigenvalue weighted by Crippen LogP contribution is 2.33. The minimum absolute atomic E-state index is 0.131. The zero-order valence-electron chi connectivity index (χ0n) is 9.54. The number of fused-ring (bicyclic) bond motifs is 2. The summed E-state index contributed by atoms with van der Waals surface area (Å²) >= 11 is 0. The molecule has 2 heterocycles. The number of likely N-dealkylation sites (tertiary alicyclic amines) is 1. The van der Waals surface area contributed by atoms with Crippen molar-refractivity contribution < 1.29 is 8.42 Å². The molecule has 0 saturated carbocycles. The van der Waals surface area contributed by atoms with Crippen LogP contribution in [0.3, 0.4) is 0 Å². The van der Waals surface area contributed by atoms with Crippen molar-refractivity contribution in [2.75, 3.05) is 18.0 Å². The van der Waals surface area contributed by atoms with Crippen molar-refractivity contribution in [3.63, 3.8) is 0 Å². The van der Waals surface area contributed by atoms with E-state index in [1.54, 1.807) is 0 Å². The standard InChI is InChI=1S/C12H16N2O2S/c13-10-3-1-2-9(4-10)6-14-7-12-5-11(14)8-17(12,15)16/h1-4,11-12H,5-8,13H2. The smallest absolute Gasteiger partial charge is 0.156 e. The molecule has 2 aliphatic heterocycles. The molecule has 2 unspecified atom stereocenters. The van der Waals surface area contributed by atoms with Crippen LogP contribution in [0.15, 0.2) is 24.3 Å². The van der Waals surface area contributed by atoms with E-state index in [-0.39, 0.29) is 11.3 Å². The van der Waals surface area contributed by atoms with Crippen LogP contribution in [0.2, 0.25) is 0 Å². The summed E-state index contributed by atoms with van der Waals surface area (Å²) in [4.78, 5) is 2.26. The van der Waals surface area contributed by atoms with Crippen molar-refractivity contribution >= 4 is 15.5 Å². The first-order valence-electron chi connectivity index (χ1n) is 5.84. The Morgan fingerprint density at radius 2 is 2.24 bits per heavy atom. The second-order valence-electron chi connectivity index (χ2n) is 5.02. The Morgan fingerprint density at radius 1 is 1.41 bits per heavy atom. The van der Waals surface area contributed by atoms with Crippen molar-refractivity contribution in [1.29, 1.82) is 0 Å². The van der Waals surface area contributed by atoms with Gasteiger partial charge in [-0.3, -0.25) is 4.90 Å².